The average Bonchev–Trinajstić information content (AvgIpc) is 3.21. The Balaban J connectivity index is 1.91. The molecule has 3 aromatic carbocycles. The molecule has 0 heterocycles. The van der Waals surface area contributed by atoms with Gasteiger partial charge in [-0.05, 0) is 76.9 Å². The largest absolute Gasteiger partial charge is 0.388 e. The molecular formula is C30H31FN2. The second-order valence-electron chi connectivity index (χ2n) is 8.57. The van der Waals surface area contributed by atoms with Crippen LogP contribution >= 0.6 is 0 Å². The fourth-order valence-electron chi connectivity index (χ4n) is 4.61. The first-order chi connectivity index (χ1) is 15.9. The fourth-order valence-corrected chi connectivity index (χ4v) is 4.61. The summed E-state index contributed by atoms with van der Waals surface area (Å²) < 4.78 is 14.5. The van der Waals surface area contributed by atoms with Gasteiger partial charge in [0.1, 0.15) is 5.82 Å². The van der Waals surface area contributed by atoms with Gasteiger partial charge in [0.25, 0.3) is 0 Å². The molecule has 0 fully saturated rings. The van der Waals surface area contributed by atoms with Crippen molar-refractivity contribution >= 4 is 16.8 Å². The maximum absolute atomic E-state index is 14.5. The third-order valence-corrected chi connectivity index (χ3v) is 6.56. The highest BCUT2D eigenvalue weighted by molar-refractivity contribution is 6.04. The molecule has 1 aliphatic rings. The first kappa shape index (κ1) is 22.6. The first-order valence-corrected chi connectivity index (χ1v) is 11.4. The number of hydrogen-bond donors (Lipinski definition) is 2. The van der Waals surface area contributed by atoms with Crippen molar-refractivity contribution in [2.45, 2.75) is 26.7 Å². The molecule has 0 aliphatic heterocycles. The van der Waals surface area contributed by atoms with Gasteiger partial charge in [-0.2, -0.15) is 0 Å². The molecule has 0 saturated carbocycles. The predicted octanol–water partition coefficient (Wildman–Crippen LogP) is 6.75. The number of hydrogen-bond acceptors (Lipinski definition) is 2. The highest BCUT2D eigenvalue weighted by Crippen LogP contribution is 2.44. The van der Waals surface area contributed by atoms with E-state index in [0.29, 0.717) is 11.3 Å². The van der Waals surface area contributed by atoms with E-state index in [1.165, 1.54) is 39.5 Å². The lowest BCUT2D eigenvalue weighted by Crippen LogP contribution is -2.07. The van der Waals surface area contributed by atoms with Crippen molar-refractivity contribution in [2.75, 3.05) is 14.1 Å². The van der Waals surface area contributed by atoms with Gasteiger partial charge in [-0.1, -0.05) is 62.0 Å². The van der Waals surface area contributed by atoms with Crippen LogP contribution in [0.5, 0.6) is 0 Å². The summed E-state index contributed by atoms with van der Waals surface area (Å²) in [4.78, 5) is 0. The number of benzene rings is 3. The van der Waals surface area contributed by atoms with Crippen LogP contribution in [0.2, 0.25) is 0 Å². The maximum Gasteiger partial charge on any atom is 0.132 e. The van der Waals surface area contributed by atoms with Crippen molar-refractivity contribution in [3.63, 3.8) is 0 Å². The van der Waals surface area contributed by atoms with Crippen LogP contribution < -0.4 is 10.6 Å². The fraction of sp³-hybridized carbons (Fsp3) is 0.200. The number of allylic oxidation sites excluding steroid dienone is 2. The minimum atomic E-state index is -0.275. The summed E-state index contributed by atoms with van der Waals surface area (Å²) in [5, 5.41) is 6.23. The molecule has 0 aromatic heterocycles. The van der Waals surface area contributed by atoms with Crippen molar-refractivity contribution in [3.8, 4) is 11.1 Å². The zero-order valence-electron chi connectivity index (χ0n) is 19.9. The number of fused-ring (bicyclic) bond motifs is 1. The van der Waals surface area contributed by atoms with E-state index in [1.807, 2.05) is 19.2 Å². The molecule has 0 bridgehead atoms. The van der Waals surface area contributed by atoms with Crippen LogP contribution in [0.3, 0.4) is 0 Å². The van der Waals surface area contributed by atoms with Crippen LogP contribution in [0.4, 0.5) is 4.39 Å². The average molecular weight is 439 g/mol. The molecule has 4 rings (SSSR count). The molecule has 3 heteroatoms. The van der Waals surface area contributed by atoms with E-state index in [-0.39, 0.29) is 5.82 Å². The highest BCUT2D eigenvalue weighted by Gasteiger charge is 2.26. The maximum atomic E-state index is 14.5. The summed E-state index contributed by atoms with van der Waals surface area (Å²) in [5.74, 6) is -0.275. The highest BCUT2D eigenvalue weighted by atomic mass is 19.1. The van der Waals surface area contributed by atoms with Crippen molar-refractivity contribution in [1.29, 1.82) is 0 Å². The van der Waals surface area contributed by atoms with E-state index >= 15 is 0 Å². The van der Waals surface area contributed by atoms with E-state index in [2.05, 4.69) is 74.0 Å². The molecule has 0 spiro atoms. The van der Waals surface area contributed by atoms with Gasteiger partial charge in [0.2, 0.25) is 0 Å². The minimum Gasteiger partial charge on any atom is -0.388 e. The van der Waals surface area contributed by atoms with E-state index < -0.39 is 0 Å². The molecular weight excluding hydrogens is 407 g/mol. The first-order valence-electron chi connectivity index (χ1n) is 11.4. The Bertz CT molecular complexity index is 1280. The van der Waals surface area contributed by atoms with Crippen molar-refractivity contribution in [1.82, 2.24) is 10.6 Å². The molecule has 2 nitrogen and oxygen atoms in total. The summed E-state index contributed by atoms with van der Waals surface area (Å²) in [6.45, 7) is 12.5. The SMILES string of the molecule is C=C(NC)C1=C(c2ccc(C)cc2)Cc2cc(CC)c(-c3ccc(F)c(C(=C)NC)c3)cc21. The van der Waals surface area contributed by atoms with Gasteiger partial charge in [0, 0.05) is 36.6 Å². The number of halogens is 1. The Kier molecular flexibility index (Phi) is 6.24. The van der Waals surface area contributed by atoms with Crippen LogP contribution in [-0.2, 0) is 12.8 Å². The molecule has 0 atom stereocenters. The Labute approximate surface area is 196 Å². The Morgan fingerprint density at radius 2 is 1.55 bits per heavy atom. The third-order valence-electron chi connectivity index (χ3n) is 6.56. The second-order valence-corrected chi connectivity index (χ2v) is 8.57. The van der Waals surface area contributed by atoms with Gasteiger partial charge >= 0.3 is 0 Å². The zero-order chi connectivity index (χ0) is 23.7. The monoisotopic (exact) mass is 438 g/mol. The summed E-state index contributed by atoms with van der Waals surface area (Å²) in [7, 11) is 3.67. The van der Waals surface area contributed by atoms with Gasteiger partial charge in [-0.25, -0.2) is 4.39 Å². The lowest BCUT2D eigenvalue weighted by Gasteiger charge is -2.16. The second kappa shape index (κ2) is 9.11. The normalized spacial score (nSPS) is 12.5. The molecule has 168 valence electrons. The van der Waals surface area contributed by atoms with Crippen LogP contribution in [0.25, 0.3) is 28.0 Å². The Hall–Kier alpha value is -3.59. The third kappa shape index (κ3) is 4.11. The standard InChI is InChI=1S/C30H31FN2/c1-7-21-14-24-16-27(22-10-8-18(2)9-11-22)30(20(4)33-6)28(24)17-26(21)23-12-13-29(31)25(15-23)19(3)32-5/h8-15,17,32-33H,3-4,7,16H2,1-2,5-6H3. The van der Waals surface area contributed by atoms with Gasteiger partial charge in [0.05, 0.1) is 0 Å². The van der Waals surface area contributed by atoms with Gasteiger partial charge in [-0.3, -0.25) is 0 Å². The molecule has 0 saturated heterocycles. The topological polar surface area (TPSA) is 24.1 Å². The van der Waals surface area contributed by atoms with Crippen molar-refractivity contribution < 1.29 is 4.39 Å². The smallest absolute Gasteiger partial charge is 0.132 e. The number of nitrogens with one attached hydrogen (secondary N) is 2. The summed E-state index contributed by atoms with van der Waals surface area (Å²) >= 11 is 0. The van der Waals surface area contributed by atoms with E-state index in [4.69, 9.17) is 0 Å². The van der Waals surface area contributed by atoms with Crippen LogP contribution in [-0.4, -0.2) is 14.1 Å². The van der Waals surface area contributed by atoms with E-state index in [1.54, 1.807) is 7.05 Å². The minimum absolute atomic E-state index is 0.275. The van der Waals surface area contributed by atoms with Gasteiger partial charge in [-0.15, -0.1) is 0 Å². The van der Waals surface area contributed by atoms with Gasteiger partial charge < -0.3 is 10.6 Å². The number of rotatable bonds is 7. The lowest BCUT2D eigenvalue weighted by molar-refractivity contribution is 0.623. The van der Waals surface area contributed by atoms with Crippen molar-refractivity contribution in [2.24, 2.45) is 0 Å². The molecule has 0 amide bonds. The molecule has 0 unspecified atom stereocenters. The summed E-state index contributed by atoms with van der Waals surface area (Å²) in [6, 6.07) is 18.5. The summed E-state index contributed by atoms with van der Waals surface area (Å²) in [5.41, 5.74) is 12.7. The molecule has 3 aromatic rings. The molecule has 0 radical (unpaired) electrons. The predicted molar refractivity (Wildman–Crippen MR) is 139 cm³/mol. The number of likely N-dealkylation sites (N-methyl/N-ethyl adjacent to an activating group) is 1. The Morgan fingerprint density at radius 3 is 2.18 bits per heavy atom. The van der Waals surface area contributed by atoms with Gasteiger partial charge in [0.15, 0.2) is 0 Å². The van der Waals surface area contributed by atoms with Crippen LogP contribution in [0.1, 0.15) is 40.3 Å². The van der Waals surface area contributed by atoms with E-state index in [9.17, 15) is 4.39 Å². The van der Waals surface area contributed by atoms with E-state index in [0.717, 1.165) is 35.2 Å². The Morgan fingerprint density at radius 1 is 0.879 bits per heavy atom. The molecule has 33 heavy (non-hydrogen) atoms. The van der Waals surface area contributed by atoms with Crippen molar-refractivity contribution in [3.05, 3.63) is 113 Å². The zero-order valence-corrected chi connectivity index (χ0v) is 19.9. The van der Waals surface area contributed by atoms with Crippen LogP contribution in [0, 0.1) is 12.7 Å². The number of aryl methyl sites for hydroxylation is 2. The summed E-state index contributed by atoms with van der Waals surface area (Å²) in [6.07, 6.45) is 1.76. The van der Waals surface area contributed by atoms with Crippen LogP contribution in [0.15, 0.2) is 73.5 Å². The molecule has 1 aliphatic carbocycles. The molecule has 2 N–H and O–H groups in total. The lowest BCUT2D eigenvalue weighted by atomic mass is 9.90. The quantitative estimate of drug-likeness (QED) is 0.426.